The van der Waals surface area contributed by atoms with Crippen molar-refractivity contribution < 1.29 is 0 Å². The molecule has 0 atom stereocenters. The van der Waals surface area contributed by atoms with Gasteiger partial charge < -0.3 is 0 Å². The first-order chi connectivity index (χ1) is 6.68. The fourth-order valence-electron chi connectivity index (χ4n) is 2.19. The monoisotopic (exact) mass is 432 g/mol. The van der Waals surface area contributed by atoms with Gasteiger partial charge in [-0.2, -0.15) is 0 Å². The average Bonchev–Trinajstić information content (AvgIpc) is 2.21. The van der Waals surface area contributed by atoms with Crippen molar-refractivity contribution in [3.63, 3.8) is 0 Å². The zero-order valence-corrected chi connectivity index (χ0v) is 16.0. The first kappa shape index (κ1) is 18.5. The van der Waals surface area contributed by atoms with Gasteiger partial charge in [0.15, 0.2) is 0 Å². The number of rotatable bonds is 9. The second-order valence-electron chi connectivity index (χ2n) is 5.12. The van der Waals surface area contributed by atoms with Crippen LogP contribution in [0.4, 0.5) is 0 Å². The summed E-state index contributed by atoms with van der Waals surface area (Å²) in [4.78, 5) is 0. The summed E-state index contributed by atoms with van der Waals surface area (Å²) in [6.07, 6.45) is 8.79. The Labute approximate surface area is 108 Å². The number of hydrogen-bond donors (Lipinski definition) is 0. The van der Waals surface area contributed by atoms with E-state index < -0.39 is 20.3 Å². The smallest absolute Gasteiger partial charge is 0.147 e. The van der Waals surface area contributed by atoms with E-state index in [1.165, 1.54) is 38.5 Å². The van der Waals surface area contributed by atoms with E-state index in [-0.39, 0.29) is 12.4 Å². The molecule has 0 aliphatic heterocycles. The van der Waals surface area contributed by atoms with Gasteiger partial charge in [0.1, 0.15) is 0 Å². The molecule has 0 aromatic carbocycles. The molecule has 0 aromatic heterocycles. The van der Waals surface area contributed by atoms with Crippen LogP contribution in [0.2, 0.25) is 17.0 Å². The summed E-state index contributed by atoms with van der Waals surface area (Å²) in [7, 11) is 0. The normalized spacial score (nSPS) is 12.3. The minimum absolute atomic E-state index is 0. The van der Waals surface area contributed by atoms with Gasteiger partial charge in [-0.05, 0) is 0 Å². The van der Waals surface area contributed by atoms with Gasteiger partial charge in [0, 0.05) is 0 Å². The molecular formula is C13H32BiCl. The second-order valence-corrected chi connectivity index (χ2v) is 25.0. The quantitative estimate of drug-likeness (QED) is 0.415. The van der Waals surface area contributed by atoms with Crippen LogP contribution in [0.3, 0.4) is 0 Å². The van der Waals surface area contributed by atoms with E-state index in [1.54, 1.807) is 12.4 Å². The van der Waals surface area contributed by atoms with Gasteiger partial charge in [-0.25, -0.2) is 0 Å². The van der Waals surface area contributed by atoms with Gasteiger partial charge in [-0.15, -0.1) is 12.4 Å². The fourth-order valence-corrected chi connectivity index (χ4v) is 19.2. The first-order valence-electron chi connectivity index (χ1n) is 6.68. The van der Waals surface area contributed by atoms with Crippen molar-refractivity contribution in [3.8, 4) is 0 Å². The van der Waals surface area contributed by atoms with Crippen molar-refractivity contribution >= 4 is 32.7 Å². The zero-order chi connectivity index (χ0) is 10.9. The van der Waals surface area contributed by atoms with Gasteiger partial charge in [0.2, 0.25) is 0 Å². The number of unbranched alkanes of at least 4 members (excludes halogenated alkanes) is 3. The Morgan fingerprint density at radius 2 is 0.933 bits per heavy atom. The van der Waals surface area contributed by atoms with Crippen LogP contribution in [0.1, 0.15) is 59.3 Å². The summed E-state index contributed by atoms with van der Waals surface area (Å²) in [5.74, 6) is 0. The first-order valence-corrected chi connectivity index (χ1v) is 18.8. The van der Waals surface area contributed by atoms with E-state index in [1.807, 2.05) is 0 Å². The van der Waals surface area contributed by atoms with E-state index >= 15 is 0 Å². The fraction of sp³-hybridized carbons (Fsp3) is 1.00. The zero-order valence-electron chi connectivity index (χ0n) is 11.3. The molecule has 2 heteroatoms. The van der Waals surface area contributed by atoms with Gasteiger partial charge in [0.05, 0.1) is 0 Å². The third-order valence-electron chi connectivity index (χ3n) is 3.40. The van der Waals surface area contributed by atoms with E-state index in [0.29, 0.717) is 0 Å². The molecule has 0 amide bonds. The Hall–Kier alpha value is 1.17. The Balaban J connectivity index is 0. The number of halogens is 1. The van der Waals surface area contributed by atoms with Crippen LogP contribution >= 0.6 is 12.4 Å². The molecule has 0 bridgehead atoms. The molecule has 0 radical (unpaired) electrons. The average molecular weight is 433 g/mol. The van der Waals surface area contributed by atoms with E-state index in [4.69, 9.17) is 0 Å². The topological polar surface area (TPSA) is 0 Å². The predicted molar refractivity (Wildman–Crippen MR) is 79.4 cm³/mol. The molecule has 0 saturated carbocycles. The molecule has 0 heterocycles. The molecule has 0 N–H and O–H groups in total. The molecule has 0 fully saturated rings. The second kappa shape index (κ2) is 11.7. The maximum atomic E-state index is 2.73. The Kier molecular flexibility index (Phi) is 14.4. The Bertz CT molecular complexity index is 104. The van der Waals surface area contributed by atoms with Crippen molar-refractivity contribution in [2.45, 2.75) is 76.3 Å². The molecule has 0 spiro atoms. The standard InChI is InChI=1S/3C4H9.CH3.Bi.ClH.H/c3*1-3-4-2;;;;/h3*1,3-4H2,2H3;1H3;;1H;. The van der Waals surface area contributed by atoms with Crippen molar-refractivity contribution in [3.05, 3.63) is 0 Å². The van der Waals surface area contributed by atoms with Gasteiger partial charge >= 0.3 is 96.6 Å². The minimum Gasteiger partial charge on any atom is -0.147 e. The summed E-state index contributed by atoms with van der Waals surface area (Å²) in [6.45, 7) is 7.02. The van der Waals surface area contributed by atoms with Crippen LogP contribution in [0, 0.1) is 0 Å². The summed E-state index contributed by atoms with van der Waals surface area (Å²) < 4.78 is 7.74. The molecule has 0 nitrogen and oxygen atoms in total. The summed E-state index contributed by atoms with van der Waals surface area (Å²) in [6, 6.07) is 0. The summed E-state index contributed by atoms with van der Waals surface area (Å²) in [5.41, 5.74) is 0. The van der Waals surface area contributed by atoms with Crippen LogP contribution in [-0.2, 0) is 0 Å². The van der Waals surface area contributed by atoms with E-state index in [0.717, 1.165) is 0 Å². The van der Waals surface area contributed by atoms with E-state index in [9.17, 15) is 0 Å². The van der Waals surface area contributed by atoms with Crippen LogP contribution < -0.4 is 0 Å². The molecule has 0 unspecified atom stereocenters. The van der Waals surface area contributed by atoms with Gasteiger partial charge in [-0.3, -0.25) is 0 Å². The maximum absolute atomic E-state index is 2.73. The molecule has 0 aliphatic carbocycles. The Morgan fingerprint density at radius 1 is 0.667 bits per heavy atom. The van der Waals surface area contributed by atoms with Crippen molar-refractivity contribution in [1.29, 1.82) is 0 Å². The van der Waals surface area contributed by atoms with Crippen LogP contribution in [0.25, 0.3) is 0 Å². The van der Waals surface area contributed by atoms with Crippen molar-refractivity contribution in [2.75, 3.05) is 0 Å². The van der Waals surface area contributed by atoms with E-state index in [2.05, 4.69) is 25.4 Å². The molecule has 96 valence electrons. The molecule has 15 heavy (non-hydrogen) atoms. The number of hydrogen-bond acceptors (Lipinski definition) is 0. The SMILES string of the molecule is CCC[CH2][BiH]([CH3])([CH2]CCC)[CH2]CCC.Cl. The van der Waals surface area contributed by atoms with Gasteiger partial charge in [0.25, 0.3) is 0 Å². The van der Waals surface area contributed by atoms with Crippen LogP contribution in [-0.4, -0.2) is 20.3 Å². The van der Waals surface area contributed by atoms with Crippen molar-refractivity contribution in [1.82, 2.24) is 0 Å². The molecule has 0 rings (SSSR count). The van der Waals surface area contributed by atoms with Crippen LogP contribution in [0.15, 0.2) is 0 Å². The molecule has 0 saturated heterocycles. The molecule has 0 aromatic rings. The third kappa shape index (κ3) is 10.1. The van der Waals surface area contributed by atoms with Crippen molar-refractivity contribution in [2.24, 2.45) is 0 Å². The summed E-state index contributed by atoms with van der Waals surface area (Å²) in [5, 5.41) is 0. The van der Waals surface area contributed by atoms with Crippen LogP contribution in [0.5, 0.6) is 0 Å². The minimum atomic E-state index is -1.69. The Morgan fingerprint density at radius 3 is 1.13 bits per heavy atom. The largest absolute Gasteiger partial charge is 0.147 e. The third-order valence-corrected chi connectivity index (χ3v) is 21.6. The maximum Gasteiger partial charge on any atom is -0.147 e. The van der Waals surface area contributed by atoms with Gasteiger partial charge in [-0.1, -0.05) is 0 Å². The molecular weight excluding hydrogens is 401 g/mol. The molecule has 0 aliphatic rings. The summed E-state index contributed by atoms with van der Waals surface area (Å²) >= 11 is -1.69. The predicted octanol–water partition coefficient (Wildman–Crippen LogP) is 5.62.